The maximum absolute atomic E-state index is 3.45. The standard InChI is InChI=1S/C13H15NS/c1-9-11-4-2-3-5-12(11)15-13(9)10-6-7-14-8-10/h2-5,10,14H,6-8H2,1H3. The van der Waals surface area contributed by atoms with Crippen molar-refractivity contribution in [2.75, 3.05) is 13.1 Å². The molecule has 2 aromatic rings. The van der Waals surface area contributed by atoms with E-state index in [2.05, 4.69) is 36.5 Å². The predicted octanol–water partition coefficient (Wildman–Crippen LogP) is 3.29. The van der Waals surface area contributed by atoms with Crippen molar-refractivity contribution in [2.24, 2.45) is 0 Å². The van der Waals surface area contributed by atoms with Crippen LogP contribution in [0.5, 0.6) is 0 Å². The van der Waals surface area contributed by atoms with Gasteiger partial charge in [0.05, 0.1) is 0 Å². The summed E-state index contributed by atoms with van der Waals surface area (Å²) in [6, 6.07) is 8.75. The van der Waals surface area contributed by atoms with Crippen molar-refractivity contribution in [3.05, 3.63) is 34.7 Å². The zero-order valence-corrected chi connectivity index (χ0v) is 9.73. The Morgan fingerprint density at radius 2 is 2.20 bits per heavy atom. The van der Waals surface area contributed by atoms with E-state index in [4.69, 9.17) is 0 Å². The van der Waals surface area contributed by atoms with Crippen molar-refractivity contribution < 1.29 is 0 Å². The molecule has 2 heterocycles. The highest BCUT2D eigenvalue weighted by Gasteiger charge is 2.21. The summed E-state index contributed by atoms with van der Waals surface area (Å²) < 4.78 is 1.44. The molecule has 1 N–H and O–H groups in total. The quantitative estimate of drug-likeness (QED) is 0.773. The minimum atomic E-state index is 0.752. The molecule has 0 aliphatic carbocycles. The Balaban J connectivity index is 2.14. The first-order valence-corrected chi connectivity index (χ1v) is 6.36. The fourth-order valence-corrected chi connectivity index (χ4v) is 3.81. The van der Waals surface area contributed by atoms with Gasteiger partial charge in [0.1, 0.15) is 0 Å². The van der Waals surface area contributed by atoms with Crippen LogP contribution in [0.2, 0.25) is 0 Å². The number of thiophene rings is 1. The molecule has 3 rings (SSSR count). The van der Waals surface area contributed by atoms with E-state index in [0.717, 1.165) is 12.5 Å². The van der Waals surface area contributed by atoms with E-state index < -0.39 is 0 Å². The number of hydrogen-bond acceptors (Lipinski definition) is 2. The Kier molecular flexibility index (Phi) is 2.26. The summed E-state index contributed by atoms with van der Waals surface area (Å²) in [6.07, 6.45) is 1.30. The molecule has 0 amide bonds. The first-order chi connectivity index (χ1) is 7.36. The lowest BCUT2D eigenvalue weighted by molar-refractivity contribution is 0.775. The second-order valence-corrected chi connectivity index (χ2v) is 5.36. The summed E-state index contributed by atoms with van der Waals surface area (Å²) in [4.78, 5) is 1.60. The zero-order chi connectivity index (χ0) is 10.3. The number of benzene rings is 1. The molecule has 1 aliphatic rings. The molecule has 1 aromatic heterocycles. The third-order valence-corrected chi connectivity index (χ3v) is 4.75. The van der Waals surface area contributed by atoms with Gasteiger partial charge in [-0.3, -0.25) is 0 Å². The van der Waals surface area contributed by atoms with E-state index in [-0.39, 0.29) is 0 Å². The highest BCUT2D eigenvalue weighted by molar-refractivity contribution is 7.19. The van der Waals surface area contributed by atoms with Crippen LogP contribution in [0.1, 0.15) is 22.8 Å². The number of fused-ring (bicyclic) bond motifs is 1. The van der Waals surface area contributed by atoms with Crippen LogP contribution in [0.15, 0.2) is 24.3 Å². The van der Waals surface area contributed by atoms with Crippen molar-refractivity contribution in [3.8, 4) is 0 Å². The van der Waals surface area contributed by atoms with Crippen LogP contribution in [0.3, 0.4) is 0 Å². The number of aryl methyl sites for hydroxylation is 1. The van der Waals surface area contributed by atoms with Crippen LogP contribution < -0.4 is 5.32 Å². The van der Waals surface area contributed by atoms with Crippen LogP contribution in [-0.4, -0.2) is 13.1 Å². The third kappa shape index (κ3) is 1.48. The molecule has 1 aromatic carbocycles. The fraction of sp³-hybridized carbons (Fsp3) is 0.385. The van der Waals surface area contributed by atoms with E-state index in [1.54, 1.807) is 4.88 Å². The van der Waals surface area contributed by atoms with E-state index in [9.17, 15) is 0 Å². The van der Waals surface area contributed by atoms with Crippen molar-refractivity contribution >= 4 is 21.4 Å². The second kappa shape index (κ2) is 3.62. The molecule has 78 valence electrons. The van der Waals surface area contributed by atoms with E-state index >= 15 is 0 Å². The molecular formula is C13H15NS. The average Bonchev–Trinajstić information content (AvgIpc) is 2.87. The molecule has 0 saturated carbocycles. The van der Waals surface area contributed by atoms with Gasteiger partial charge in [-0.25, -0.2) is 0 Å². The molecule has 1 nitrogen and oxygen atoms in total. The minimum Gasteiger partial charge on any atom is -0.316 e. The van der Waals surface area contributed by atoms with E-state index in [1.807, 2.05) is 11.3 Å². The summed E-state index contributed by atoms with van der Waals surface area (Å²) >= 11 is 1.98. The smallest absolute Gasteiger partial charge is 0.0348 e. The van der Waals surface area contributed by atoms with Crippen LogP contribution >= 0.6 is 11.3 Å². The largest absolute Gasteiger partial charge is 0.316 e. The van der Waals surface area contributed by atoms with Crippen molar-refractivity contribution in [1.82, 2.24) is 5.32 Å². The van der Waals surface area contributed by atoms with Gasteiger partial charge in [0.2, 0.25) is 0 Å². The Hall–Kier alpha value is -0.860. The van der Waals surface area contributed by atoms with Crippen molar-refractivity contribution in [3.63, 3.8) is 0 Å². The fourth-order valence-electron chi connectivity index (χ4n) is 2.46. The predicted molar refractivity (Wildman–Crippen MR) is 66.8 cm³/mol. The molecule has 0 bridgehead atoms. The van der Waals surface area contributed by atoms with Gasteiger partial charge < -0.3 is 5.32 Å². The lowest BCUT2D eigenvalue weighted by Gasteiger charge is -2.06. The van der Waals surface area contributed by atoms with Crippen LogP contribution in [0.4, 0.5) is 0 Å². The normalized spacial score (nSPS) is 21.3. The number of nitrogens with one attached hydrogen (secondary N) is 1. The zero-order valence-electron chi connectivity index (χ0n) is 8.92. The molecule has 1 saturated heterocycles. The Bertz CT molecular complexity index is 480. The van der Waals surface area contributed by atoms with E-state index in [0.29, 0.717) is 0 Å². The molecule has 1 unspecified atom stereocenters. The molecule has 15 heavy (non-hydrogen) atoms. The second-order valence-electron chi connectivity index (χ2n) is 4.28. The summed E-state index contributed by atoms with van der Waals surface area (Å²) in [5, 5.41) is 4.90. The average molecular weight is 217 g/mol. The summed E-state index contributed by atoms with van der Waals surface area (Å²) in [6.45, 7) is 4.61. The number of rotatable bonds is 1. The highest BCUT2D eigenvalue weighted by atomic mass is 32.1. The van der Waals surface area contributed by atoms with Gasteiger partial charge in [0, 0.05) is 22.0 Å². The molecule has 0 radical (unpaired) electrons. The van der Waals surface area contributed by atoms with E-state index in [1.165, 1.54) is 28.6 Å². The minimum absolute atomic E-state index is 0.752. The SMILES string of the molecule is Cc1c(C2CCNC2)sc2ccccc12. The van der Waals surface area contributed by atoms with Crippen molar-refractivity contribution in [2.45, 2.75) is 19.3 Å². The lowest BCUT2D eigenvalue weighted by Crippen LogP contribution is -2.07. The highest BCUT2D eigenvalue weighted by Crippen LogP contribution is 2.37. The van der Waals surface area contributed by atoms with Gasteiger partial charge >= 0.3 is 0 Å². The van der Waals surface area contributed by atoms with Crippen LogP contribution in [0, 0.1) is 6.92 Å². The topological polar surface area (TPSA) is 12.0 Å². The maximum atomic E-state index is 3.45. The first kappa shape index (κ1) is 9.37. The van der Waals surface area contributed by atoms with Crippen molar-refractivity contribution in [1.29, 1.82) is 0 Å². The molecule has 2 heteroatoms. The monoisotopic (exact) mass is 217 g/mol. The van der Waals surface area contributed by atoms with Gasteiger partial charge in [-0.1, -0.05) is 18.2 Å². The van der Waals surface area contributed by atoms with Crippen LogP contribution in [0.25, 0.3) is 10.1 Å². The third-order valence-electron chi connectivity index (χ3n) is 3.31. The molecule has 1 fully saturated rings. The first-order valence-electron chi connectivity index (χ1n) is 5.55. The molecule has 0 spiro atoms. The van der Waals surface area contributed by atoms with Crippen LogP contribution in [-0.2, 0) is 0 Å². The maximum Gasteiger partial charge on any atom is 0.0348 e. The Morgan fingerprint density at radius 3 is 2.93 bits per heavy atom. The molecule has 1 aliphatic heterocycles. The van der Waals surface area contributed by atoms with Gasteiger partial charge in [0.15, 0.2) is 0 Å². The summed E-state index contributed by atoms with van der Waals surface area (Å²) in [5.41, 5.74) is 1.50. The Morgan fingerprint density at radius 1 is 1.33 bits per heavy atom. The molecule has 1 atom stereocenters. The van der Waals surface area contributed by atoms with Gasteiger partial charge in [-0.15, -0.1) is 11.3 Å². The van der Waals surface area contributed by atoms with Gasteiger partial charge in [0.25, 0.3) is 0 Å². The Labute approximate surface area is 94.1 Å². The van der Waals surface area contributed by atoms with Gasteiger partial charge in [-0.05, 0) is 36.9 Å². The number of hydrogen-bond donors (Lipinski definition) is 1. The summed E-state index contributed by atoms with van der Waals surface area (Å²) in [7, 11) is 0. The van der Waals surface area contributed by atoms with Gasteiger partial charge in [-0.2, -0.15) is 0 Å². The molecular weight excluding hydrogens is 202 g/mol. The summed E-state index contributed by atoms with van der Waals surface area (Å²) in [5.74, 6) is 0.752. The lowest BCUT2D eigenvalue weighted by atomic mass is 10.0.